The molecule has 0 aromatic heterocycles. The molecular formula is C10H23NO3. The summed E-state index contributed by atoms with van der Waals surface area (Å²) >= 11 is 0. The minimum Gasteiger partial charge on any atom is -0.383 e. The molecule has 0 saturated heterocycles. The van der Waals surface area contributed by atoms with Crippen LogP contribution in [0, 0.1) is 0 Å². The molecule has 0 atom stereocenters. The van der Waals surface area contributed by atoms with E-state index in [1.807, 2.05) is 13.8 Å². The van der Waals surface area contributed by atoms with Gasteiger partial charge in [0, 0.05) is 20.2 Å². The van der Waals surface area contributed by atoms with E-state index in [2.05, 4.69) is 5.32 Å². The number of ether oxygens (including phenoxy) is 3. The Hall–Kier alpha value is -0.160. The van der Waals surface area contributed by atoms with Gasteiger partial charge in [-0.25, -0.2) is 0 Å². The maximum atomic E-state index is 5.34. The first kappa shape index (κ1) is 13.8. The van der Waals surface area contributed by atoms with Crippen molar-refractivity contribution in [3.8, 4) is 0 Å². The van der Waals surface area contributed by atoms with Gasteiger partial charge < -0.3 is 19.5 Å². The van der Waals surface area contributed by atoms with Gasteiger partial charge in [-0.2, -0.15) is 0 Å². The lowest BCUT2D eigenvalue weighted by molar-refractivity contribution is 0.0202. The summed E-state index contributed by atoms with van der Waals surface area (Å²) in [6, 6.07) is 0. The molecule has 0 aliphatic rings. The van der Waals surface area contributed by atoms with E-state index >= 15 is 0 Å². The highest BCUT2D eigenvalue weighted by molar-refractivity contribution is 4.44. The maximum absolute atomic E-state index is 5.34. The first-order valence-corrected chi connectivity index (χ1v) is 5.16. The molecule has 0 aromatic rings. The van der Waals surface area contributed by atoms with Crippen molar-refractivity contribution in [2.75, 3.05) is 46.6 Å². The van der Waals surface area contributed by atoms with Gasteiger partial charge in [-0.15, -0.1) is 0 Å². The van der Waals surface area contributed by atoms with E-state index < -0.39 is 0 Å². The highest BCUT2D eigenvalue weighted by Crippen LogP contribution is 1.86. The summed E-state index contributed by atoms with van der Waals surface area (Å²) in [5.74, 6) is 0. The van der Waals surface area contributed by atoms with Crippen LogP contribution in [0.2, 0.25) is 0 Å². The highest BCUT2D eigenvalue weighted by atomic mass is 16.5. The Morgan fingerprint density at radius 1 is 1.00 bits per heavy atom. The Morgan fingerprint density at radius 3 is 2.36 bits per heavy atom. The minimum atomic E-state index is 0.290. The van der Waals surface area contributed by atoms with E-state index in [4.69, 9.17) is 14.2 Å². The zero-order valence-corrected chi connectivity index (χ0v) is 9.54. The van der Waals surface area contributed by atoms with Crippen LogP contribution in [0.5, 0.6) is 0 Å². The second-order valence-corrected chi connectivity index (χ2v) is 3.27. The number of hydrogen-bond donors (Lipinski definition) is 1. The standard InChI is InChI=1S/C10H23NO3/c1-10(2)14-9-8-13-7-5-11-4-6-12-3/h10-11H,4-9H2,1-3H3. The molecule has 0 spiro atoms. The zero-order valence-electron chi connectivity index (χ0n) is 9.54. The van der Waals surface area contributed by atoms with E-state index in [0.29, 0.717) is 19.3 Å². The molecule has 1 N–H and O–H groups in total. The second-order valence-electron chi connectivity index (χ2n) is 3.27. The molecule has 0 aliphatic carbocycles. The summed E-state index contributed by atoms with van der Waals surface area (Å²) in [5.41, 5.74) is 0. The van der Waals surface area contributed by atoms with Gasteiger partial charge in [0.25, 0.3) is 0 Å². The number of rotatable bonds is 10. The monoisotopic (exact) mass is 205 g/mol. The van der Waals surface area contributed by atoms with Crippen molar-refractivity contribution in [2.24, 2.45) is 0 Å². The van der Waals surface area contributed by atoms with Crippen LogP contribution < -0.4 is 5.32 Å². The third kappa shape index (κ3) is 11.8. The molecule has 0 bridgehead atoms. The first-order chi connectivity index (χ1) is 6.77. The normalized spacial score (nSPS) is 11.1. The van der Waals surface area contributed by atoms with Gasteiger partial charge in [0.15, 0.2) is 0 Å². The average molecular weight is 205 g/mol. The lowest BCUT2D eigenvalue weighted by atomic mass is 10.5. The van der Waals surface area contributed by atoms with Crippen molar-refractivity contribution in [1.29, 1.82) is 0 Å². The molecule has 4 nitrogen and oxygen atoms in total. The molecule has 0 saturated carbocycles. The lowest BCUT2D eigenvalue weighted by Crippen LogP contribution is -2.24. The van der Waals surface area contributed by atoms with Gasteiger partial charge in [-0.3, -0.25) is 0 Å². The van der Waals surface area contributed by atoms with Crippen molar-refractivity contribution in [2.45, 2.75) is 20.0 Å². The van der Waals surface area contributed by atoms with Crippen LogP contribution in [0.1, 0.15) is 13.8 Å². The highest BCUT2D eigenvalue weighted by Gasteiger charge is 1.92. The largest absolute Gasteiger partial charge is 0.383 e. The quantitative estimate of drug-likeness (QED) is 0.532. The van der Waals surface area contributed by atoms with Crippen molar-refractivity contribution in [1.82, 2.24) is 5.32 Å². The van der Waals surface area contributed by atoms with Gasteiger partial charge >= 0.3 is 0 Å². The van der Waals surface area contributed by atoms with Gasteiger partial charge in [0.2, 0.25) is 0 Å². The molecule has 4 heteroatoms. The summed E-state index contributed by atoms with van der Waals surface area (Å²) in [7, 11) is 1.70. The molecule has 0 heterocycles. The topological polar surface area (TPSA) is 39.7 Å². The number of methoxy groups -OCH3 is 1. The summed E-state index contributed by atoms with van der Waals surface area (Å²) in [4.78, 5) is 0. The Kier molecular flexibility index (Phi) is 10.8. The summed E-state index contributed by atoms with van der Waals surface area (Å²) < 4.78 is 15.5. The molecule has 14 heavy (non-hydrogen) atoms. The van der Waals surface area contributed by atoms with Crippen LogP contribution in [0.3, 0.4) is 0 Å². The molecule has 0 radical (unpaired) electrons. The lowest BCUT2D eigenvalue weighted by Gasteiger charge is -2.08. The van der Waals surface area contributed by atoms with E-state index in [0.717, 1.165) is 26.3 Å². The third-order valence-corrected chi connectivity index (χ3v) is 1.58. The Morgan fingerprint density at radius 2 is 1.71 bits per heavy atom. The van der Waals surface area contributed by atoms with Crippen LogP contribution in [0.15, 0.2) is 0 Å². The summed E-state index contributed by atoms with van der Waals surface area (Å²) in [5, 5.41) is 3.20. The van der Waals surface area contributed by atoms with Gasteiger partial charge in [-0.1, -0.05) is 0 Å². The molecule has 0 rings (SSSR count). The smallest absolute Gasteiger partial charge is 0.0703 e. The zero-order chi connectivity index (χ0) is 10.6. The van der Waals surface area contributed by atoms with Gasteiger partial charge in [-0.05, 0) is 13.8 Å². The van der Waals surface area contributed by atoms with Crippen LogP contribution >= 0.6 is 0 Å². The average Bonchev–Trinajstić information content (AvgIpc) is 2.15. The van der Waals surface area contributed by atoms with Gasteiger partial charge in [0.05, 0.1) is 32.5 Å². The molecule has 0 fully saturated rings. The molecular weight excluding hydrogens is 182 g/mol. The number of hydrogen-bond acceptors (Lipinski definition) is 4. The van der Waals surface area contributed by atoms with Crippen molar-refractivity contribution in [3.05, 3.63) is 0 Å². The molecule has 0 aromatic carbocycles. The van der Waals surface area contributed by atoms with E-state index in [9.17, 15) is 0 Å². The SMILES string of the molecule is COCCNCCOCCOC(C)C. The third-order valence-electron chi connectivity index (χ3n) is 1.58. The van der Waals surface area contributed by atoms with E-state index in [-0.39, 0.29) is 0 Å². The molecule has 0 amide bonds. The predicted molar refractivity (Wildman–Crippen MR) is 56.7 cm³/mol. The fourth-order valence-corrected chi connectivity index (χ4v) is 0.888. The Labute approximate surface area is 86.9 Å². The van der Waals surface area contributed by atoms with Crippen molar-refractivity contribution < 1.29 is 14.2 Å². The van der Waals surface area contributed by atoms with Crippen molar-refractivity contribution in [3.63, 3.8) is 0 Å². The van der Waals surface area contributed by atoms with Crippen LogP contribution in [0.4, 0.5) is 0 Å². The Balaban J connectivity index is 2.85. The van der Waals surface area contributed by atoms with Crippen molar-refractivity contribution >= 4 is 0 Å². The Bertz CT molecular complexity index is 110. The van der Waals surface area contributed by atoms with Crippen LogP contribution in [0.25, 0.3) is 0 Å². The van der Waals surface area contributed by atoms with Gasteiger partial charge in [0.1, 0.15) is 0 Å². The minimum absolute atomic E-state index is 0.290. The predicted octanol–water partition coefficient (Wildman–Crippen LogP) is 0.664. The summed E-state index contributed by atoms with van der Waals surface area (Å²) in [6.07, 6.45) is 0.290. The van der Waals surface area contributed by atoms with E-state index in [1.165, 1.54) is 0 Å². The number of nitrogens with one attached hydrogen (secondary N) is 1. The molecule has 0 unspecified atom stereocenters. The molecule has 0 aliphatic heterocycles. The summed E-state index contributed by atoms with van der Waals surface area (Å²) in [6.45, 7) is 8.60. The van der Waals surface area contributed by atoms with Crippen LogP contribution in [-0.2, 0) is 14.2 Å². The fourth-order valence-electron chi connectivity index (χ4n) is 0.888. The fraction of sp³-hybridized carbons (Fsp3) is 1.00. The maximum Gasteiger partial charge on any atom is 0.0703 e. The first-order valence-electron chi connectivity index (χ1n) is 5.16. The molecule has 86 valence electrons. The van der Waals surface area contributed by atoms with E-state index in [1.54, 1.807) is 7.11 Å². The van der Waals surface area contributed by atoms with Crippen LogP contribution in [-0.4, -0.2) is 52.7 Å². The second kappa shape index (κ2) is 10.9.